The van der Waals surface area contributed by atoms with Crippen LogP contribution in [0, 0.1) is 11.8 Å². The molecule has 0 aromatic heterocycles. The number of rotatable bonds is 3. The van der Waals surface area contributed by atoms with Crippen LogP contribution in [0.4, 0.5) is 11.4 Å². The number of benzene rings is 3. The lowest BCUT2D eigenvalue weighted by Gasteiger charge is -2.36. The molecule has 0 N–H and O–H groups in total. The smallest absolute Gasteiger partial charge is 0.240 e. The zero-order valence-corrected chi connectivity index (χ0v) is 19.3. The van der Waals surface area contributed by atoms with Crippen molar-refractivity contribution < 1.29 is 14.4 Å². The van der Waals surface area contributed by atoms with Crippen LogP contribution >= 0.6 is 23.2 Å². The minimum atomic E-state index is -0.841. The molecule has 3 aromatic rings. The Kier molecular flexibility index (Phi) is 4.87. The van der Waals surface area contributed by atoms with Gasteiger partial charge in [-0.2, -0.15) is 0 Å². The van der Waals surface area contributed by atoms with Gasteiger partial charge in [-0.3, -0.25) is 14.4 Å². The minimum absolute atomic E-state index is 0.221. The van der Waals surface area contributed by atoms with Gasteiger partial charge in [0.1, 0.15) is 6.04 Å². The molecule has 6 rings (SSSR count). The van der Waals surface area contributed by atoms with E-state index >= 15 is 0 Å². The quantitative estimate of drug-likeness (QED) is 0.372. The third-order valence-corrected chi connectivity index (χ3v) is 7.48. The fourth-order valence-electron chi connectivity index (χ4n) is 5.47. The van der Waals surface area contributed by atoms with Crippen LogP contribution < -0.4 is 9.80 Å². The number of hydrogen-bond donors (Lipinski definition) is 0. The highest BCUT2D eigenvalue weighted by molar-refractivity contribution is 6.36. The average molecular weight is 489 g/mol. The lowest BCUT2D eigenvalue weighted by molar-refractivity contribution is -0.122. The molecule has 2 saturated heterocycles. The molecule has 3 aromatic carbocycles. The second-order valence-corrected chi connectivity index (χ2v) is 9.49. The number of halogens is 2. The first-order valence-electron chi connectivity index (χ1n) is 10.9. The van der Waals surface area contributed by atoms with E-state index in [1.54, 1.807) is 48.5 Å². The largest absolute Gasteiger partial charge is 0.352 e. The van der Waals surface area contributed by atoms with Crippen LogP contribution in [0.1, 0.15) is 15.9 Å². The van der Waals surface area contributed by atoms with Crippen molar-refractivity contribution in [3.63, 3.8) is 0 Å². The Balaban J connectivity index is 1.51. The molecule has 168 valence electrons. The van der Waals surface area contributed by atoms with E-state index in [2.05, 4.69) is 0 Å². The Hall–Kier alpha value is -3.41. The SMILES string of the molecule is O=C(c1ccc(Cl)cc1)[C@@H]1[C@@H]2C(=O)N(c3ccccc3Cl)C(=O)[C@H]2[C@@H]2C=Cc3ccccc3N12. The third kappa shape index (κ3) is 2.97. The van der Waals surface area contributed by atoms with Gasteiger partial charge in [-0.1, -0.05) is 65.7 Å². The number of ketones is 1. The van der Waals surface area contributed by atoms with E-state index in [1.165, 1.54) is 0 Å². The lowest BCUT2D eigenvalue weighted by atomic mass is 9.86. The Morgan fingerprint density at radius 1 is 0.765 bits per heavy atom. The van der Waals surface area contributed by atoms with Crippen molar-refractivity contribution in [2.45, 2.75) is 12.1 Å². The van der Waals surface area contributed by atoms with Gasteiger partial charge in [-0.15, -0.1) is 0 Å². The lowest BCUT2D eigenvalue weighted by Crippen LogP contribution is -2.48. The molecule has 5 nitrogen and oxygen atoms in total. The number of nitrogens with zero attached hydrogens (tertiary/aromatic N) is 2. The molecule has 2 fully saturated rings. The van der Waals surface area contributed by atoms with E-state index in [-0.39, 0.29) is 11.7 Å². The molecule has 0 aliphatic carbocycles. The van der Waals surface area contributed by atoms with Crippen LogP contribution in [0.25, 0.3) is 6.08 Å². The average Bonchev–Trinajstić information content (AvgIpc) is 3.32. The summed E-state index contributed by atoms with van der Waals surface area (Å²) >= 11 is 12.4. The number of amides is 2. The van der Waals surface area contributed by atoms with E-state index in [0.29, 0.717) is 21.3 Å². The van der Waals surface area contributed by atoms with Gasteiger partial charge in [0.15, 0.2) is 5.78 Å². The van der Waals surface area contributed by atoms with Gasteiger partial charge in [-0.25, -0.2) is 4.90 Å². The van der Waals surface area contributed by atoms with E-state index in [1.807, 2.05) is 41.3 Å². The number of para-hydroxylation sites is 2. The molecule has 3 aliphatic rings. The number of hydrogen-bond acceptors (Lipinski definition) is 4. The molecule has 0 radical (unpaired) electrons. The number of anilines is 2. The van der Waals surface area contributed by atoms with Crippen molar-refractivity contribution in [1.29, 1.82) is 0 Å². The van der Waals surface area contributed by atoms with Crippen LogP contribution in [0.5, 0.6) is 0 Å². The van der Waals surface area contributed by atoms with E-state index in [4.69, 9.17) is 23.2 Å². The van der Waals surface area contributed by atoms with Crippen LogP contribution in [0.15, 0.2) is 78.9 Å². The van der Waals surface area contributed by atoms with Crippen molar-refractivity contribution in [3.05, 3.63) is 100 Å². The van der Waals surface area contributed by atoms with Gasteiger partial charge in [0.2, 0.25) is 11.8 Å². The second kappa shape index (κ2) is 7.83. The molecule has 0 saturated carbocycles. The van der Waals surface area contributed by atoms with Gasteiger partial charge < -0.3 is 4.90 Å². The summed E-state index contributed by atoms with van der Waals surface area (Å²) in [5.41, 5.74) is 2.56. The van der Waals surface area contributed by atoms with Crippen molar-refractivity contribution in [3.8, 4) is 0 Å². The zero-order valence-electron chi connectivity index (χ0n) is 17.8. The van der Waals surface area contributed by atoms with Crippen LogP contribution in [-0.4, -0.2) is 29.7 Å². The maximum absolute atomic E-state index is 13.9. The summed E-state index contributed by atoms with van der Waals surface area (Å²) in [6.45, 7) is 0. The monoisotopic (exact) mass is 488 g/mol. The molecular weight excluding hydrogens is 471 g/mol. The minimum Gasteiger partial charge on any atom is -0.352 e. The summed E-state index contributed by atoms with van der Waals surface area (Å²) in [4.78, 5) is 44.6. The van der Waals surface area contributed by atoms with Gasteiger partial charge in [0, 0.05) is 16.3 Å². The molecule has 0 spiro atoms. The van der Waals surface area contributed by atoms with Crippen LogP contribution in [0.3, 0.4) is 0 Å². The summed E-state index contributed by atoms with van der Waals surface area (Å²) in [7, 11) is 0. The maximum Gasteiger partial charge on any atom is 0.240 e. The second-order valence-electron chi connectivity index (χ2n) is 8.65. The molecule has 0 unspecified atom stereocenters. The number of fused-ring (bicyclic) bond motifs is 5. The van der Waals surface area contributed by atoms with Crippen molar-refractivity contribution in [2.24, 2.45) is 11.8 Å². The summed E-state index contributed by atoms with van der Waals surface area (Å²) in [6.07, 6.45) is 3.88. The number of imide groups is 1. The highest BCUT2D eigenvalue weighted by Gasteiger charge is 2.64. The highest BCUT2D eigenvalue weighted by Crippen LogP contribution is 2.50. The summed E-state index contributed by atoms with van der Waals surface area (Å²) in [5.74, 6) is -2.51. The van der Waals surface area contributed by atoms with Gasteiger partial charge >= 0.3 is 0 Å². The third-order valence-electron chi connectivity index (χ3n) is 6.91. The Labute approximate surface area is 206 Å². The van der Waals surface area contributed by atoms with Gasteiger partial charge in [-0.05, 0) is 48.0 Å². The Morgan fingerprint density at radius 2 is 1.41 bits per heavy atom. The molecule has 3 aliphatic heterocycles. The van der Waals surface area contributed by atoms with Crippen molar-refractivity contribution in [1.82, 2.24) is 0 Å². The summed E-state index contributed by atoms with van der Waals surface area (Å²) < 4.78 is 0. The zero-order chi connectivity index (χ0) is 23.6. The first-order valence-corrected chi connectivity index (χ1v) is 11.7. The van der Waals surface area contributed by atoms with E-state index in [0.717, 1.165) is 16.2 Å². The molecule has 4 atom stereocenters. The molecular formula is C27H18Cl2N2O3. The Morgan fingerprint density at radius 3 is 2.15 bits per heavy atom. The molecule has 3 heterocycles. The van der Waals surface area contributed by atoms with Crippen molar-refractivity contribution >= 4 is 58.3 Å². The Bertz CT molecular complexity index is 1380. The standard InChI is InChI=1S/C27H18Cl2N2O3/c28-17-12-9-16(10-13-17)25(32)24-23-22(21-14-11-15-5-1-3-7-19(15)30(21)24)26(33)31(27(23)34)20-8-4-2-6-18(20)29/h1-14,21-24H/t21-,22-,23+,24-/m0/s1. The van der Waals surface area contributed by atoms with Crippen LogP contribution in [-0.2, 0) is 9.59 Å². The fraction of sp³-hybridized carbons (Fsp3) is 0.148. The topological polar surface area (TPSA) is 57.7 Å². The number of carbonyl (C=O) groups excluding carboxylic acids is 3. The van der Waals surface area contributed by atoms with Gasteiger partial charge in [0.05, 0.1) is 28.6 Å². The molecule has 0 bridgehead atoms. The molecule has 7 heteroatoms. The van der Waals surface area contributed by atoms with Crippen LogP contribution in [0.2, 0.25) is 10.0 Å². The first kappa shape index (κ1) is 21.1. The fourth-order valence-corrected chi connectivity index (χ4v) is 5.82. The van der Waals surface area contributed by atoms with Gasteiger partial charge in [0.25, 0.3) is 0 Å². The predicted molar refractivity (Wildman–Crippen MR) is 132 cm³/mol. The van der Waals surface area contributed by atoms with E-state index < -0.39 is 29.8 Å². The van der Waals surface area contributed by atoms with E-state index in [9.17, 15) is 14.4 Å². The predicted octanol–water partition coefficient (Wildman–Crippen LogP) is 5.27. The first-order chi connectivity index (χ1) is 16.5. The summed E-state index contributed by atoms with van der Waals surface area (Å²) in [6, 6.07) is 19.8. The normalized spacial score (nSPS) is 24.8. The number of Topliss-reactive ketones (excluding diaryl/α,β-unsaturated/α-hetero) is 1. The highest BCUT2D eigenvalue weighted by atomic mass is 35.5. The molecule has 2 amide bonds. The molecule has 34 heavy (non-hydrogen) atoms. The summed E-state index contributed by atoms with van der Waals surface area (Å²) in [5, 5.41) is 0.827. The maximum atomic E-state index is 13.9. The number of carbonyl (C=O) groups is 3. The van der Waals surface area contributed by atoms with Crippen molar-refractivity contribution in [2.75, 3.05) is 9.80 Å².